The van der Waals surface area contributed by atoms with Gasteiger partial charge in [0, 0.05) is 23.0 Å². The number of anilines is 2. The summed E-state index contributed by atoms with van der Waals surface area (Å²) < 4.78 is 6.18. The highest BCUT2D eigenvalue weighted by Crippen LogP contribution is 2.26. The Kier molecular flexibility index (Phi) is 5.09. The molecular formula is C12H19BrN2O. The van der Waals surface area contributed by atoms with Crippen LogP contribution in [-0.2, 0) is 4.74 Å². The number of hydrogen-bond donors (Lipinski definition) is 2. The van der Waals surface area contributed by atoms with Gasteiger partial charge in [-0.2, -0.15) is 0 Å². The van der Waals surface area contributed by atoms with Crippen LogP contribution in [0, 0.1) is 5.92 Å². The zero-order chi connectivity index (χ0) is 12.1. The number of hydrogen-bond acceptors (Lipinski definition) is 3. The SMILES string of the molecule is COCC(Nc1ccc(N)cc1Br)C(C)C. The van der Waals surface area contributed by atoms with Crippen LogP contribution in [0.2, 0.25) is 0 Å². The second-order valence-corrected chi connectivity index (χ2v) is 5.04. The van der Waals surface area contributed by atoms with Crippen molar-refractivity contribution < 1.29 is 4.74 Å². The number of nitrogens with one attached hydrogen (secondary N) is 1. The fraction of sp³-hybridized carbons (Fsp3) is 0.500. The summed E-state index contributed by atoms with van der Waals surface area (Å²) in [7, 11) is 1.72. The molecule has 0 aliphatic carbocycles. The van der Waals surface area contributed by atoms with E-state index in [2.05, 4.69) is 35.1 Å². The lowest BCUT2D eigenvalue weighted by molar-refractivity contribution is 0.171. The summed E-state index contributed by atoms with van der Waals surface area (Å²) in [6.45, 7) is 5.03. The molecule has 0 spiro atoms. The third-order valence-corrected chi connectivity index (χ3v) is 3.14. The number of ether oxygens (including phenoxy) is 1. The highest BCUT2D eigenvalue weighted by Gasteiger charge is 2.13. The van der Waals surface area contributed by atoms with Gasteiger partial charge in [-0.25, -0.2) is 0 Å². The maximum atomic E-state index is 5.69. The number of halogens is 1. The fourth-order valence-electron chi connectivity index (χ4n) is 1.43. The summed E-state index contributed by atoms with van der Waals surface area (Å²) in [5.74, 6) is 0.504. The first kappa shape index (κ1) is 13.3. The predicted octanol–water partition coefficient (Wildman–Crippen LogP) is 3.11. The first-order valence-electron chi connectivity index (χ1n) is 5.35. The van der Waals surface area contributed by atoms with Gasteiger partial charge in [-0.3, -0.25) is 0 Å². The maximum Gasteiger partial charge on any atom is 0.0666 e. The van der Waals surface area contributed by atoms with Gasteiger partial charge in [0.15, 0.2) is 0 Å². The van der Waals surface area contributed by atoms with E-state index in [4.69, 9.17) is 10.5 Å². The molecular weight excluding hydrogens is 268 g/mol. The highest BCUT2D eigenvalue weighted by molar-refractivity contribution is 9.10. The standard InChI is InChI=1S/C12H19BrN2O/c1-8(2)12(7-16-3)15-11-5-4-9(14)6-10(11)13/h4-6,8,12,15H,7,14H2,1-3H3. The molecule has 0 aliphatic heterocycles. The summed E-state index contributed by atoms with van der Waals surface area (Å²) in [6, 6.07) is 6.05. The van der Waals surface area contributed by atoms with Gasteiger partial charge in [-0.15, -0.1) is 0 Å². The Bertz CT molecular complexity index is 342. The van der Waals surface area contributed by atoms with Gasteiger partial charge in [0.25, 0.3) is 0 Å². The van der Waals surface area contributed by atoms with Gasteiger partial charge in [-0.1, -0.05) is 13.8 Å². The minimum Gasteiger partial charge on any atom is -0.399 e. The zero-order valence-corrected chi connectivity index (χ0v) is 11.5. The molecule has 0 aliphatic rings. The van der Waals surface area contributed by atoms with Crippen molar-refractivity contribution in [3.63, 3.8) is 0 Å². The topological polar surface area (TPSA) is 47.3 Å². The molecule has 4 heteroatoms. The lowest BCUT2D eigenvalue weighted by Crippen LogP contribution is -2.30. The van der Waals surface area contributed by atoms with Gasteiger partial charge < -0.3 is 15.8 Å². The Balaban J connectivity index is 2.77. The molecule has 1 unspecified atom stereocenters. The average Bonchev–Trinajstić information content (AvgIpc) is 2.20. The Morgan fingerprint density at radius 1 is 1.44 bits per heavy atom. The molecule has 3 nitrogen and oxygen atoms in total. The smallest absolute Gasteiger partial charge is 0.0666 e. The second kappa shape index (κ2) is 6.11. The van der Waals surface area contributed by atoms with Crippen LogP contribution in [0.5, 0.6) is 0 Å². The molecule has 0 saturated carbocycles. The molecule has 0 radical (unpaired) electrons. The third-order valence-electron chi connectivity index (χ3n) is 2.49. The molecule has 1 atom stereocenters. The van der Waals surface area contributed by atoms with Crippen LogP contribution < -0.4 is 11.1 Å². The van der Waals surface area contributed by atoms with E-state index in [0.717, 1.165) is 15.8 Å². The minimum absolute atomic E-state index is 0.296. The highest BCUT2D eigenvalue weighted by atomic mass is 79.9. The molecule has 0 saturated heterocycles. The van der Waals surface area contributed by atoms with Gasteiger partial charge in [-0.05, 0) is 40.0 Å². The van der Waals surface area contributed by atoms with E-state index in [1.54, 1.807) is 7.11 Å². The number of rotatable bonds is 5. The molecule has 0 bridgehead atoms. The predicted molar refractivity (Wildman–Crippen MR) is 72.7 cm³/mol. The largest absolute Gasteiger partial charge is 0.399 e. The number of methoxy groups -OCH3 is 1. The van der Waals surface area contributed by atoms with Crippen molar-refractivity contribution in [2.45, 2.75) is 19.9 Å². The van der Waals surface area contributed by atoms with E-state index in [0.29, 0.717) is 18.6 Å². The maximum absolute atomic E-state index is 5.69. The molecule has 0 fully saturated rings. The number of nitrogen functional groups attached to an aromatic ring is 1. The molecule has 0 heterocycles. The van der Waals surface area contributed by atoms with Crippen molar-refractivity contribution in [2.24, 2.45) is 5.92 Å². The van der Waals surface area contributed by atoms with Crippen LogP contribution in [-0.4, -0.2) is 19.8 Å². The van der Waals surface area contributed by atoms with E-state index in [1.807, 2.05) is 18.2 Å². The Labute approximate surface area is 105 Å². The number of nitrogens with two attached hydrogens (primary N) is 1. The van der Waals surface area contributed by atoms with Crippen molar-refractivity contribution in [1.82, 2.24) is 0 Å². The van der Waals surface area contributed by atoms with Crippen LogP contribution in [0.25, 0.3) is 0 Å². The first-order valence-corrected chi connectivity index (χ1v) is 6.14. The molecule has 1 aromatic carbocycles. The first-order chi connectivity index (χ1) is 7.54. The summed E-state index contributed by atoms with van der Waals surface area (Å²) in [5.41, 5.74) is 7.50. The average molecular weight is 287 g/mol. The summed E-state index contributed by atoms with van der Waals surface area (Å²) >= 11 is 3.49. The van der Waals surface area contributed by atoms with Crippen molar-refractivity contribution in [3.8, 4) is 0 Å². The quantitative estimate of drug-likeness (QED) is 0.818. The lowest BCUT2D eigenvalue weighted by Gasteiger charge is -2.23. The summed E-state index contributed by atoms with van der Waals surface area (Å²) in [5, 5.41) is 3.45. The lowest BCUT2D eigenvalue weighted by atomic mass is 10.1. The monoisotopic (exact) mass is 286 g/mol. The molecule has 0 aromatic heterocycles. The van der Waals surface area contributed by atoms with Crippen LogP contribution in [0.15, 0.2) is 22.7 Å². The van der Waals surface area contributed by atoms with E-state index >= 15 is 0 Å². The Morgan fingerprint density at radius 3 is 2.62 bits per heavy atom. The summed E-state index contributed by atoms with van der Waals surface area (Å²) in [6.07, 6.45) is 0. The van der Waals surface area contributed by atoms with Crippen LogP contribution in [0.3, 0.4) is 0 Å². The second-order valence-electron chi connectivity index (χ2n) is 4.19. The minimum atomic E-state index is 0.296. The van der Waals surface area contributed by atoms with Crippen molar-refractivity contribution in [1.29, 1.82) is 0 Å². The van der Waals surface area contributed by atoms with Crippen molar-refractivity contribution in [2.75, 3.05) is 24.8 Å². The fourth-order valence-corrected chi connectivity index (χ4v) is 1.94. The van der Waals surface area contributed by atoms with Crippen LogP contribution in [0.1, 0.15) is 13.8 Å². The van der Waals surface area contributed by atoms with E-state index in [1.165, 1.54) is 0 Å². The molecule has 0 amide bonds. The Morgan fingerprint density at radius 2 is 2.12 bits per heavy atom. The third kappa shape index (κ3) is 3.68. The molecule has 90 valence electrons. The molecule has 1 aromatic rings. The molecule has 3 N–H and O–H groups in total. The van der Waals surface area contributed by atoms with Gasteiger partial charge in [0.05, 0.1) is 12.6 Å². The summed E-state index contributed by atoms with van der Waals surface area (Å²) in [4.78, 5) is 0. The molecule has 16 heavy (non-hydrogen) atoms. The van der Waals surface area contributed by atoms with E-state index in [9.17, 15) is 0 Å². The van der Waals surface area contributed by atoms with Crippen molar-refractivity contribution >= 4 is 27.3 Å². The van der Waals surface area contributed by atoms with Gasteiger partial charge in [0.1, 0.15) is 0 Å². The van der Waals surface area contributed by atoms with Crippen molar-refractivity contribution in [3.05, 3.63) is 22.7 Å². The Hall–Kier alpha value is -0.740. The van der Waals surface area contributed by atoms with Crippen LogP contribution >= 0.6 is 15.9 Å². The van der Waals surface area contributed by atoms with Gasteiger partial charge in [0.2, 0.25) is 0 Å². The zero-order valence-electron chi connectivity index (χ0n) is 9.96. The van der Waals surface area contributed by atoms with Crippen LogP contribution in [0.4, 0.5) is 11.4 Å². The number of benzene rings is 1. The normalized spacial score (nSPS) is 12.8. The molecule has 1 rings (SSSR count). The van der Waals surface area contributed by atoms with Gasteiger partial charge >= 0.3 is 0 Å². The van der Waals surface area contributed by atoms with E-state index < -0.39 is 0 Å². The van der Waals surface area contributed by atoms with E-state index in [-0.39, 0.29) is 0 Å².